The molecule has 1 aliphatic rings. The lowest BCUT2D eigenvalue weighted by Gasteiger charge is -2.20. The number of nitrogens with one attached hydrogen (secondary N) is 1. The maximum Gasteiger partial charge on any atom is 0.330 e. The number of H-pyrrole nitrogens is 1. The summed E-state index contributed by atoms with van der Waals surface area (Å²) in [4.78, 5) is 25.1. The van der Waals surface area contributed by atoms with Gasteiger partial charge in [0.15, 0.2) is 6.23 Å². The van der Waals surface area contributed by atoms with Gasteiger partial charge in [0.1, 0.15) is 12.2 Å². The summed E-state index contributed by atoms with van der Waals surface area (Å²) in [6, 6.07) is 1.18. The molecule has 0 saturated carbocycles. The second kappa shape index (κ2) is 6.75. The fraction of sp³-hybridized carbons (Fsp3) is 0.667. The summed E-state index contributed by atoms with van der Waals surface area (Å²) in [6.07, 6.45) is -2.83. The minimum Gasteiger partial charge on any atom is -0.394 e. The molecule has 4 N–H and O–H groups in total. The molecule has 2 rings (SSSR count). The molecule has 1 fully saturated rings. The molecule has 1 aliphatic heterocycles. The number of aromatic nitrogens is 2. The van der Waals surface area contributed by atoms with Crippen molar-refractivity contribution in [3.63, 3.8) is 0 Å². The number of rotatable bonds is 5. The molecule has 9 heteroatoms. The van der Waals surface area contributed by atoms with Crippen LogP contribution in [-0.2, 0) is 4.74 Å². The van der Waals surface area contributed by atoms with Crippen molar-refractivity contribution in [2.45, 2.75) is 36.7 Å². The van der Waals surface area contributed by atoms with E-state index in [0.717, 1.165) is 0 Å². The summed E-state index contributed by atoms with van der Waals surface area (Å²) in [7, 11) is 0. The number of aromatic amines is 1. The van der Waals surface area contributed by atoms with Gasteiger partial charge < -0.3 is 20.1 Å². The molecule has 0 aliphatic carbocycles. The smallest absolute Gasteiger partial charge is 0.330 e. The first-order chi connectivity index (χ1) is 9.99. The minimum atomic E-state index is -1.25. The number of aliphatic hydroxyl groups is 3. The molecule has 0 radical (unpaired) electrons. The van der Waals surface area contributed by atoms with Crippen molar-refractivity contribution >= 4 is 11.8 Å². The highest BCUT2D eigenvalue weighted by atomic mass is 32.2. The Labute approximate surface area is 124 Å². The van der Waals surface area contributed by atoms with Crippen LogP contribution >= 0.6 is 11.8 Å². The minimum absolute atomic E-state index is 0.496. The predicted octanol–water partition coefficient (Wildman–Crippen LogP) is -1.73. The third-order valence-corrected chi connectivity index (χ3v) is 4.53. The second-order valence-corrected chi connectivity index (χ2v) is 6.12. The Morgan fingerprint density at radius 3 is 2.81 bits per heavy atom. The second-order valence-electron chi connectivity index (χ2n) is 4.67. The van der Waals surface area contributed by atoms with Crippen LogP contribution in [0.4, 0.5) is 0 Å². The Bertz CT molecular complexity index is 588. The van der Waals surface area contributed by atoms with Crippen LogP contribution in [0, 0.1) is 0 Å². The van der Waals surface area contributed by atoms with Crippen LogP contribution in [-0.4, -0.2) is 60.8 Å². The molecule has 21 heavy (non-hydrogen) atoms. The fourth-order valence-corrected chi connectivity index (χ4v) is 3.42. The SMILES string of the molecule is CCSC1C(O)C(C(O)CO)OC1n1ccc(=O)[nH]c1=O. The average molecular weight is 318 g/mol. The van der Waals surface area contributed by atoms with E-state index in [2.05, 4.69) is 4.98 Å². The Kier molecular flexibility index (Phi) is 5.22. The summed E-state index contributed by atoms with van der Waals surface area (Å²) >= 11 is 1.37. The zero-order valence-electron chi connectivity index (χ0n) is 11.4. The third-order valence-electron chi connectivity index (χ3n) is 3.30. The third kappa shape index (κ3) is 3.22. The van der Waals surface area contributed by atoms with Crippen molar-refractivity contribution < 1.29 is 20.1 Å². The van der Waals surface area contributed by atoms with E-state index in [-0.39, 0.29) is 0 Å². The predicted molar refractivity (Wildman–Crippen MR) is 76.3 cm³/mol. The maximum absolute atomic E-state index is 11.9. The van der Waals surface area contributed by atoms with Crippen LogP contribution in [0.25, 0.3) is 0 Å². The summed E-state index contributed by atoms with van der Waals surface area (Å²) in [6.45, 7) is 1.33. The summed E-state index contributed by atoms with van der Waals surface area (Å²) in [5, 5.41) is 28.5. The number of thioether (sulfide) groups is 1. The topological polar surface area (TPSA) is 125 Å². The fourth-order valence-electron chi connectivity index (χ4n) is 2.32. The van der Waals surface area contributed by atoms with Gasteiger partial charge in [0, 0.05) is 12.3 Å². The normalized spacial score (nSPS) is 30.5. The van der Waals surface area contributed by atoms with Gasteiger partial charge in [-0.3, -0.25) is 14.3 Å². The van der Waals surface area contributed by atoms with Crippen molar-refractivity contribution in [2.75, 3.05) is 12.4 Å². The number of aliphatic hydroxyl groups excluding tert-OH is 3. The molecular formula is C12H18N2O6S. The van der Waals surface area contributed by atoms with Gasteiger partial charge in [-0.15, -0.1) is 0 Å². The molecule has 0 bridgehead atoms. The number of hydrogen-bond donors (Lipinski definition) is 4. The number of hydrogen-bond acceptors (Lipinski definition) is 7. The largest absolute Gasteiger partial charge is 0.394 e. The van der Waals surface area contributed by atoms with Crippen LogP contribution in [0.1, 0.15) is 13.2 Å². The van der Waals surface area contributed by atoms with E-state index in [1.54, 1.807) is 0 Å². The Hall–Kier alpha value is -1.13. The van der Waals surface area contributed by atoms with Crippen molar-refractivity contribution in [3.05, 3.63) is 33.1 Å². The van der Waals surface area contributed by atoms with E-state index in [1.165, 1.54) is 28.6 Å². The Balaban J connectivity index is 2.36. The van der Waals surface area contributed by atoms with Gasteiger partial charge in [0.25, 0.3) is 5.56 Å². The van der Waals surface area contributed by atoms with Crippen LogP contribution in [0.3, 0.4) is 0 Å². The summed E-state index contributed by atoms with van der Waals surface area (Å²) in [5.41, 5.74) is -1.18. The zero-order valence-corrected chi connectivity index (χ0v) is 12.2. The first kappa shape index (κ1) is 16.2. The molecule has 2 heterocycles. The van der Waals surface area contributed by atoms with Gasteiger partial charge in [-0.1, -0.05) is 6.92 Å². The van der Waals surface area contributed by atoms with E-state index in [1.807, 2.05) is 6.92 Å². The maximum atomic E-state index is 11.9. The van der Waals surface area contributed by atoms with Crippen molar-refractivity contribution in [1.82, 2.24) is 9.55 Å². The van der Waals surface area contributed by atoms with Gasteiger partial charge in [-0.25, -0.2) is 4.79 Å². The lowest BCUT2D eigenvalue weighted by Crippen LogP contribution is -2.39. The van der Waals surface area contributed by atoms with E-state index in [4.69, 9.17) is 9.84 Å². The van der Waals surface area contributed by atoms with Crippen LogP contribution in [0.2, 0.25) is 0 Å². The molecule has 8 nitrogen and oxygen atoms in total. The molecule has 0 aromatic carbocycles. The highest BCUT2D eigenvalue weighted by Gasteiger charge is 2.47. The van der Waals surface area contributed by atoms with Gasteiger partial charge in [-0.2, -0.15) is 11.8 Å². The molecule has 0 amide bonds. The van der Waals surface area contributed by atoms with E-state index < -0.39 is 47.6 Å². The summed E-state index contributed by atoms with van der Waals surface area (Å²) in [5.74, 6) is 0.668. The quantitative estimate of drug-likeness (QED) is 0.508. The molecule has 1 aromatic heterocycles. The van der Waals surface area contributed by atoms with Crippen molar-refractivity contribution in [2.24, 2.45) is 0 Å². The molecule has 5 unspecified atom stereocenters. The van der Waals surface area contributed by atoms with E-state index in [9.17, 15) is 19.8 Å². The Morgan fingerprint density at radius 1 is 1.52 bits per heavy atom. The molecule has 5 atom stereocenters. The number of ether oxygens (including phenoxy) is 1. The van der Waals surface area contributed by atoms with Crippen LogP contribution < -0.4 is 11.2 Å². The average Bonchev–Trinajstić information content (AvgIpc) is 2.76. The lowest BCUT2D eigenvalue weighted by molar-refractivity contribution is -0.0965. The lowest BCUT2D eigenvalue weighted by atomic mass is 10.1. The molecule has 1 saturated heterocycles. The van der Waals surface area contributed by atoms with E-state index in [0.29, 0.717) is 5.75 Å². The number of nitrogens with zero attached hydrogens (tertiary/aromatic N) is 1. The highest BCUT2D eigenvalue weighted by Crippen LogP contribution is 2.37. The molecule has 118 valence electrons. The van der Waals surface area contributed by atoms with Crippen LogP contribution in [0.5, 0.6) is 0 Å². The van der Waals surface area contributed by atoms with Gasteiger partial charge in [0.2, 0.25) is 0 Å². The van der Waals surface area contributed by atoms with Crippen LogP contribution in [0.15, 0.2) is 21.9 Å². The van der Waals surface area contributed by atoms with Gasteiger partial charge >= 0.3 is 5.69 Å². The van der Waals surface area contributed by atoms with E-state index >= 15 is 0 Å². The zero-order chi connectivity index (χ0) is 15.6. The molecule has 1 aromatic rings. The Morgan fingerprint density at radius 2 is 2.24 bits per heavy atom. The van der Waals surface area contributed by atoms with Gasteiger partial charge in [-0.05, 0) is 5.75 Å². The monoisotopic (exact) mass is 318 g/mol. The van der Waals surface area contributed by atoms with Gasteiger partial charge in [0.05, 0.1) is 18.0 Å². The standard InChI is InChI=1S/C12H18N2O6S/c1-2-21-10-8(18)9(6(16)5-15)20-11(10)14-4-3-7(17)13-12(14)19/h3-4,6,8-11,15-16,18H,2,5H2,1H3,(H,13,17,19). The van der Waals surface area contributed by atoms with Crippen molar-refractivity contribution in [1.29, 1.82) is 0 Å². The first-order valence-electron chi connectivity index (χ1n) is 6.55. The molecular weight excluding hydrogens is 300 g/mol. The molecule has 0 spiro atoms. The first-order valence-corrected chi connectivity index (χ1v) is 7.60. The summed E-state index contributed by atoms with van der Waals surface area (Å²) < 4.78 is 6.73. The highest BCUT2D eigenvalue weighted by molar-refractivity contribution is 7.99. The van der Waals surface area contributed by atoms with Crippen molar-refractivity contribution in [3.8, 4) is 0 Å².